The standard InChI is InChI=1S/C15H15NO5/c1-3-21-15(17)14(16(18)19)13-6-4-5-10-9-11(20-2)7-8-12(10)13/h4-9,14H,3H2,1-2H3. The molecule has 0 aliphatic heterocycles. The fourth-order valence-electron chi connectivity index (χ4n) is 2.20. The van der Waals surface area contributed by atoms with Crippen LogP contribution in [0, 0.1) is 10.1 Å². The van der Waals surface area contributed by atoms with Crippen LogP contribution in [0.2, 0.25) is 0 Å². The smallest absolute Gasteiger partial charge is 0.386 e. The Kier molecular flexibility index (Phi) is 4.37. The third kappa shape index (κ3) is 2.94. The van der Waals surface area contributed by atoms with Crippen molar-refractivity contribution in [2.24, 2.45) is 0 Å². The van der Waals surface area contributed by atoms with Gasteiger partial charge in [0.05, 0.1) is 13.7 Å². The molecule has 1 unspecified atom stereocenters. The van der Waals surface area contributed by atoms with Crippen molar-refractivity contribution in [3.05, 3.63) is 52.1 Å². The van der Waals surface area contributed by atoms with Crippen molar-refractivity contribution in [1.82, 2.24) is 0 Å². The molecule has 6 heteroatoms. The molecule has 0 bridgehead atoms. The molecule has 2 aromatic carbocycles. The Morgan fingerprint density at radius 2 is 2.10 bits per heavy atom. The highest BCUT2D eigenvalue weighted by Crippen LogP contribution is 2.29. The molecule has 0 aromatic heterocycles. The summed E-state index contributed by atoms with van der Waals surface area (Å²) in [5.74, 6) is -0.209. The van der Waals surface area contributed by atoms with Crippen LogP contribution in [0.4, 0.5) is 0 Å². The quantitative estimate of drug-likeness (QED) is 0.480. The molecular weight excluding hydrogens is 274 g/mol. The van der Waals surface area contributed by atoms with Crippen LogP contribution in [0.25, 0.3) is 10.8 Å². The molecule has 0 heterocycles. The molecule has 6 nitrogen and oxygen atoms in total. The van der Waals surface area contributed by atoms with Gasteiger partial charge in [-0.15, -0.1) is 0 Å². The summed E-state index contributed by atoms with van der Waals surface area (Å²) in [6.45, 7) is 1.71. The Morgan fingerprint density at radius 1 is 1.33 bits per heavy atom. The van der Waals surface area contributed by atoms with E-state index in [1.54, 1.807) is 44.4 Å². The second-order valence-electron chi connectivity index (χ2n) is 4.37. The van der Waals surface area contributed by atoms with Crippen molar-refractivity contribution in [1.29, 1.82) is 0 Å². The van der Waals surface area contributed by atoms with E-state index in [0.29, 0.717) is 16.7 Å². The van der Waals surface area contributed by atoms with E-state index in [1.807, 2.05) is 6.07 Å². The van der Waals surface area contributed by atoms with Gasteiger partial charge in [-0.25, -0.2) is 4.79 Å². The van der Waals surface area contributed by atoms with E-state index in [2.05, 4.69) is 0 Å². The van der Waals surface area contributed by atoms with Crippen molar-refractivity contribution in [3.8, 4) is 5.75 Å². The van der Waals surface area contributed by atoms with Crippen LogP contribution >= 0.6 is 0 Å². The molecular formula is C15H15NO5. The lowest BCUT2D eigenvalue weighted by molar-refractivity contribution is -0.516. The molecule has 0 radical (unpaired) electrons. The molecule has 0 fully saturated rings. The van der Waals surface area contributed by atoms with Gasteiger partial charge in [0, 0.05) is 10.5 Å². The van der Waals surface area contributed by atoms with Gasteiger partial charge in [0.15, 0.2) is 0 Å². The van der Waals surface area contributed by atoms with Crippen LogP contribution in [0.5, 0.6) is 5.75 Å². The molecule has 21 heavy (non-hydrogen) atoms. The number of esters is 1. The van der Waals surface area contributed by atoms with Gasteiger partial charge in [-0.1, -0.05) is 24.3 Å². The number of carbonyl (C=O) groups is 1. The summed E-state index contributed by atoms with van der Waals surface area (Å²) < 4.78 is 9.94. The van der Waals surface area contributed by atoms with E-state index in [1.165, 1.54) is 0 Å². The number of fused-ring (bicyclic) bond motifs is 1. The number of rotatable bonds is 5. The van der Waals surface area contributed by atoms with E-state index >= 15 is 0 Å². The van der Waals surface area contributed by atoms with Gasteiger partial charge < -0.3 is 9.47 Å². The van der Waals surface area contributed by atoms with Crippen LogP contribution in [0.1, 0.15) is 18.5 Å². The van der Waals surface area contributed by atoms with Gasteiger partial charge >= 0.3 is 12.0 Å². The van der Waals surface area contributed by atoms with Crippen molar-refractivity contribution in [2.45, 2.75) is 13.0 Å². The molecule has 0 saturated carbocycles. The lowest BCUT2D eigenvalue weighted by Crippen LogP contribution is -2.23. The fraction of sp³-hybridized carbons (Fsp3) is 0.267. The zero-order valence-corrected chi connectivity index (χ0v) is 11.7. The lowest BCUT2D eigenvalue weighted by Gasteiger charge is -2.12. The second-order valence-corrected chi connectivity index (χ2v) is 4.37. The first-order valence-corrected chi connectivity index (χ1v) is 6.45. The number of nitro groups is 1. The first-order chi connectivity index (χ1) is 10.1. The highest BCUT2D eigenvalue weighted by molar-refractivity contribution is 5.91. The van der Waals surface area contributed by atoms with E-state index in [0.717, 1.165) is 5.39 Å². The molecule has 110 valence electrons. The van der Waals surface area contributed by atoms with E-state index in [4.69, 9.17) is 9.47 Å². The molecule has 2 aromatic rings. The molecule has 0 saturated heterocycles. The maximum Gasteiger partial charge on any atom is 0.386 e. The Balaban J connectivity index is 2.57. The van der Waals surface area contributed by atoms with Crippen molar-refractivity contribution in [2.75, 3.05) is 13.7 Å². The highest BCUT2D eigenvalue weighted by atomic mass is 16.6. The minimum atomic E-state index is -1.53. The number of carbonyl (C=O) groups excluding carboxylic acids is 1. The summed E-state index contributed by atoms with van der Waals surface area (Å²) in [7, 11) is 1.55. The zero-order valence-electron chi connectivity index (χ0n) is 11.7. The number of methoxy groups -OCH3 is 1. The first-order valence-electron chi connectivity index (χ1n) is 6.45. The number of hydrogen-bond acceptors (Lipinski definition) is 5. The fourth-order valence-corrected chi connectivity index (χ4v) is 2.20. The minimum absolute atomic E-state index is 0.0990. The Hall–Kier alpha value is -2.63. The molecule has 2 rings (SSSR count). The Labute approximate surface area is 121 Å². The van der Waals surface area contributed by atoms with Crippen LogP contribution < -0.4 is 4.74 Å². The highest BCUT2D eigenvalue weighted by Gasteiger charge is 2.34. The van der Waals surface area contributed by atoms with E-state index in [-0.39, 0.29) is 6.61 Å². The van der Waals surface area contributed by atoms with Crippen LogP contribution in [-0.2, 0) is 9.53 Å². The number of benzene rings is 2. The maximum atomic E-state index is 11.9. The zero-order chi connectivity index (χ0) is 15.4. The average molecular weight is 289 g/mol. The summed E-state index contributed by atoms with van der Waals surface area (Å²) in [5, 5.41) is 12.7. The molecule has 0 aliphatic carbocycles. The van der Waals surface area contributed by atoms with Gasteiger partial charge in [-0.2, -0.15) is 0 Å². The van der Waals surface area contributed by atoms with Crippen molar-refractivity contribution < 1.29 is 19.2 Å². The number of ether oxygens (including phenoxy) is 2. The summed E-state index contributed by atoms with van der Waals surface area (Å²) in [5.41, 5.74) is 0.318. The number of nitrogens with zero attached hydrogens (tertiary/aromatic N) is 1. The van der Waals surface area contributed by atoms with Crippen LogP contribution in [0.3, 0.4) is 0 Å². The predicted molar refractivity (Wildman–Crippen MR) is 76.9 cm³/mol. The third-order valence-corrected chi connectivity index (χ3v) is 3.14. The summed E-state index contributed by atoms with van der Waals surface area (Å²) in [6, 6.07) is 8.70. The van der Waals surface area contributed by atoms with Gasteiger partial charge in [0.1, 0.15) is 5.75 Å². The van der Waals surface area contributed by atoms with Gasteiger partial charge in [0.25, 0.3) is 0 Å². The molecule has 0 aliphatic rings. The van der Waals surface area contributed by atoms with Gasteiger partial charge in [-0.05, 0) is 29.8 Å². The lowest BCUT2D eigenvalue weighted by atomic mass is 9.99. The van der Waals surface area contributed by atoms with Crippen molar-refractivity contribution >= 4 is 16.7 Å². The molecule has 0 amide bonds. The topological polar surface area (TPSA) is 78.7 Å². The van der Waals surface area contributed by atoms with Gasteiger partial charge in [-0.3, -0.25) is 10.1 Å². The Bertz CT molecular complexity index is 683. The monoisotopic (exact) mass is 289 g/mol. The third-order valence-electron chi connectivity index (χ3n) is 3.14. The molecule has 1 atom stereocenters. The summed E-state index contributed by atoms with van der Waals surface area (Å²) in [6.07, 6.45) is 0. The maximum absolute atomic E-state index is 11.9. The van der Waals surface area contributed by atoms with Crippen LogP contribution in [0.15, 0.2) is 36.4 Å². The number of hydrogen-bond donors (Lipinski definition) is 0. The SMILES string of the molecule is CCOC(=O)C(c1cccc2cc(OC)ccc12)[N+](=O)[O-]. The molecule has 0 spiro atoms. The summed E-state index contributed by atoms with van der Waals surface area (Å²) >= 11 is 0. The average Bonchev–Trinajstić information content (AvgIpc) is 2.47. The predicted octanol–water partition coefficient (Wildman–Crippen LogP) is 2.73. The second kappa shape index (κ2) is 6.21. The minimum Gasteiger partial charge on any atom is -0.497 e. The first kappa shape index (κ1) is 14.8. The van der Waals surface area contributed by atoms with Gasteiger partial charge in [0.2, 0.25) is 0 Å². The largest absolute Gasteiger partial charge is 0.497 e. The van der Waals surface area contributed by atoms with Crippen LogP contribution in [-0.4, -0.2) is 24.6 Å². The van der Waals surface area contributed by atoms with E-state index in [9.17, 15) is 14.9 Å². The molecule has 0 N–H and O–H groups in total. The Morgan fingerprint density at radius 3 is 2.71 bits per heavy atom. The van der Waals surface area contributed by atoms with Crippen molar-refractivity contribution in [3.63, 3.8) is 0 Å². The summed E-state index contributed by atoms with van der Waals surface area (Å²) in [4.78, 5) is 22.5. The normalized spacial score (nSPS) is 11.9. The van der Waals surface area contributed by atoms with E-state index < -0.39 is 16.9 Å².